The smallest absolute Gasteiger partial charge is 0.274 e. The first-order valence-corrected chi connectivity index (χ1v) is 3.36. The quantitative estimate of drug-likeness (QED) is 0.318. The molecule has 0 saturated heterocycles. The van der Waals surface area contributed by atoms with Crippen LogP contribution in [0.25, 0.3) is 0 Å². The zero-order valence-electron chi connectivity index (χ0n) is 4.84. The lowest BCUT2D eigenvalue weighted by Crippen LogP contribution is -2.38. The van der Waals surface area contributed by atoms with Crippen LogP contribution in [0.3, 0.4) is 0 Å². The fourth-order valence-corrected chi connectivity index (χ4v) is 0.821. The second-order valence-electron chi connectivity index (χ2n) is 1.55. The van der Waals surface area contributed by atoms with E-state index in [1.165, 1.54) is 22.6 Å². The Morgan fingerprint density at radius 3 is 2.09 bits per heavy atom. The Labute approximate surface area is 73.0 Å². The molecule has 0 aromatic heterocycles. The van der Waals surface area contributed by atoms with E-state index in [2.05, 4.69) is 20.7 Å². The maximum Gasteiger partial charge on any atom is 0.517 e. The predicted molar refractivity (Wildman–Crippen MR) is 38.5 cm³/mol. The Balaban J connectivity index is 3.09. The summed E-state index contributed by atoms with van der Waals surface area (Å²) in [5, 5.41) is 22.0. The van der Waals surface area contributed by atoms with Crippen LogP contribution in [-0.4, -0.2) is 14.5 Å². The molecule has 58 valence electrons. The zero-order chi connectivity index (χ0) is 8.48. The standard InChI is InChI=1S/C2IN5O3/c3-1(9)2(8(10)11)4-6-7-5-2. The van der Waals surface area contributed by atoms with Crippen molar-refractivity contribution in [2.75, 3.05) is 0 Å². The summed E-state index contributed by atoms with van der Waals surface area (Å²) in [6.07, 6.45) is 0. The van der Waals surface area contributed by atoms with E-state index in [0.717, 1.165) is 0 Å². The first-order chi connectivity index (χ1) is 5.09. The SMILES string of the molecule is O=C(I)C1([N+](=O)[O-])N=NN=N1. The minimum atomic E-state index is -2.32. The van der Waals surface area contributed by atoms with Crippen LogP contribution in [0, 0.1) is 10.1 Å². The molecule has 1 aliphatic rings. The summed E-state index contributed by atoms with van der Waals surface area (Å²) >= 11 is 1.22. The van der Waals surface area contributed by atoms with Crippen LogP contribution in [0.2, 0.25) is 0 Å². The average Bonchev–Trinajstić information content (AvgIpc) is 2.34. The molecule has 0 aromatic rings. The van der Waals surface area contributed by atoms with Crippen molar-refractivity contribution in [3.8, 4) is 0 Å². The molecule has 0 saturated carbocycles. The number of hydrogen-bond donors (Lipinski definition) is 0. The summed E-state index contributed by atoms with van der Waals surface area (Å²) in [5.41, 5.74) is 0. The number of nitrogens with zero attached hydrogens (tertiary/aromatic N) is 5. The van der Waals surface area contributed by atoms with Crippen molar-refractivity contribution >= 4 is 26.4 Å². The van der Waals surface area contributed by atoms with Crippen molar-refractivity contribution in [2.45, 2.75) is 5.79 Å². The molecule has 0 radical (unpaired) electrons. The molecule has 1 heterocycles. The predicted octanol–water partition coefficient (Wildman–Crippen LogP) is 0.712. The highest BCUT2D eigenvalue weighted by atomic mass is 127. The molecule has 0 spiro atoms. The molecule has 0 aliphatic carbocycles. The molecule has 11 heavy (non-hydrogen) atoms. The summed E-state index contributed by atoms with van der Waals surface area (Å²) in [5.74, 6) is -2.32. The van der Waals surface area contributed by atoms with Crippen LogP contribution < -0.4 is 0 Å². The van der Waals surface area contributed by atoms with Gasteiger partial charge < -0.3 is 0 Å². The van der Waals surface area contributed by atoms with Crippen molar-refractivity contribution in [2.24, 2.45) is 20.7 Å². The molecule has 0 aromatic carbocycles. The molecule has 0 fully saturated rings. The van der Waals surface area contributed by atoms with Crippen LogP contribution in [0.15, 0.2) is 20.7 Å². The summed E-state index contributed by atoms with van der Waals surface area (Å²) in [7, 11) is 0. The molecular formula is C2IN5O3. The van der Waals surface area contributed by atoms with Gasteiger partial charge in [0.15, 0.2) is 0 Å². The number of carbonyl (C=O) groups is 1. The third-order valence-corrected chi connectivity index (χ3v) is 1.65. The molecule has 0 unspecified atom stereocenters. The molecule has 9 heteroatoms. The Hall–Kier alpha value is -1.00. The van der Waals surface area contributed by atoms with Gasteiger partial charge in [-0.1, -0.05) is 10.2 Å². The molecular weight excluding hydrogens is 269 g/mol. The van der Waals surface area contributed by atoms with Gasteiger partial charge in [0, 0.05) is 22.6 Å². The number of halogens is 1. The fraction of sp³-hybridized carbons (Fsp3) is 0.500. The second kappa shape index (κ2) is 2.56. The molecule has 1 aliphatic heterocycles. The number of nitro groups is 1. The van der Waals surface area contributed by atoms with Gasteiger partial charge in [-0.15, -0.1) is 0 Å². The normalized spacial score (nSPS) is 18.6. The third kappa shape index (κ3) is 1.10. The zero-order valence-corrected chi connectivity index (χ0v) is 7.00. The number of hydrogen-bond acceptors (Lipinski definition) is 7. The topological polar surface area (TPSA) is 110 Å². The van der Waals surface area contributed by atoms with Gasteiger partial charge >= 0.3 is 9.58 Å². The Bertz CT molecular complexity index is 243. The van der Waals surface area contributed by atoms with E-state index in [0.29, 0.717) is 0 Å². The lowest BCUT2D eigenvalue weighted by Gasteiger charge is -2.02. The van der Waals surface area contributed by atoms with E-state index >= 15 is 0 Å². The van der Waals surface area contributed by atoms with E-state index in [9.17, 15) is 14.9 Å². The van der Waals surface area contributed by atoms with E-state index in [1.807, 2.05) is 0 Å². The highest BCUT2D eigenvalue weighted by Crippen LogP contribution is 2.24. The minimum absolute atomic E-state index is 0.842. The van der Waals surface area contributed by atoms with E-state index < -0.39 is 14.5 Å². The average molecular weight is 269 g/mol. The van der Waals surface area contributed by atoms with Gasteiger partial charge in [-0.2, -0.15) is 0 Å². The first-order valence-electron chi connectivity index (χ1n) is 2.28. The van der Waals surface area contributed by atoms with Crippen LogP contribution in [-0.2, 0) is 4.79 Å². The molecule has 0 amide bonds. The van der Waals surface area contributed by atoms with Gasteiger partial charge in [-0.3, -0.25) is 14.9 Å². The monoisotopic (exact) mass is 269 g/mol. The molecule has 8 nitrogen and oxygen atoms in total. The summed E-state index contributed by atoms with van der Waals surface area (Å²) in [6.45, 7) is 0. The first kappa shape index (κ1) is 8.10. The van der Waals surface area contributed by atoms with E-state index in [-0.39, 0.29) is 0 Å². The Kier molecular flexibility index (Phi) is 1.89. The van der Waals surface area contributed by atoms with Crippen LogP contribution in [0.4, 0.5) is 0 Å². The van der Waals surface area contributed by atoms with E-state index in [4.69, 9.17) is 0 Å². The second-order valence-corrected chi connectivity index (χ2v) is 2.52. The number of rotatable bonds is 2. The Morgan fingerprint density at radius 2 is 1.91 bits per heavy atom. The number of carbonyl (C=O) groups excluding carboxylic acids is 1. The highest BCUT2D eigenvalue weighted by Gasteiger charge is 2.54. The van der Waals surface area contributed by atoms with Crippen molar-refractivity contribution in [3.05, 3.63) is 10.1 Å². The largest absolute Gasteiger partial charge is 0.517 e. The van der Waals surface area contributed by atoms with Gasteiger partial charge in [-0.05, 0) is 10.4 Å². The van der Waals surface area contributed by atoms with Gasteiger partial charge in [0.25, 0.3) is 0 Å². The van der Waals surface area contributed by atoms with Crippen molar-refractivity contribution < 1.29 is 9.72 Å². The van der Waals surface area contributed by atoms with Crippen LogP contribution in [0.5, 0.6) is 0 Å². The van der Waals surface area contributed by atoms with Crippen molar-refractivity contribution in [3.63, 3.8) is 0 Å². The highest BCUT2D eigenvalue weighted by molar-refractivity contribution is 14.1. The lowest BCUT2D eigenvalue weighted by atomic mass is 10.4. The van der Waals surface area contributed by atoms with Crippen LogP contribution in [0.1, 0.15) is 0 Å². The van der Waals surface area contributed by atoms with Gasteiger partial charge in [0.2, 0.25) is 0 Å². The molecule has 0 N–H and O–H groups in total. The Morgan fingerprint density at radius 1 is 1.45 bits per heavy atom. The van der Waals surface area contributed by atoms with E-state index in [1.54, 1.807) is 0 Å². The van der Waals surface area contributed by atoms with Crippen molar-refractivity contribution in [1.82, 2.24) is 0 Å². The fourth-order valence-electron chi connectivity index (χ4n) is 0.408. The lowest BCUT2D eigenvalue weighted by molar-refractivity contribution is -0.546. The third-order valence-electron chi connectivity index (χ3n) is 0.927. The molecule has 0 bridgehead atoms. The minimum Gasteiger partial charge on any atom is -0.274 e. The maximum atomic E-state index is 10.6. The maximum absolute atomic E-state index is 10.6. The molecule has 1 rings (SSSR count). The summed E-state index contributed by atoms with van der Waals surface area (Å²) in [6, 6.07) is 0. The molecule has 0 atom stereocenters. The van der Waals surface area contributed by atoms with Gasteiger partial charge in [-0.25, -0.2) is 0 Å². The van der Waals surface area contributed by atoms with Crippen LogP contribution >= 0.6 is 22.6 Å². The van der Waals surface area contributed by atoms with Gasteiger partial charge in [0.05, 0.1) is 4.92 Å². The summed E-state index contributed by atoms with van der Waals surface area (Å²) < 4.78 is -0.842. The van der Waals surface area contributed by atoms with Gasteiger partial charge in [0.1, 0.15) is 0 Å². The van der Waals surface area contributed by atoms with Crippen molar-refractivity contribution in [1.29, 1.82) is 0 Å². The summed E-state index contributed by atoms with van der Waals surface area (Å²) in [4.78, 5) is 19.9.